The third kappa shape index (κ3) is 3.31. The molecule has 3 aromatic rings. The highest BCUT2D eigenvalue weighted by molar-refractivity contribution is 5.91. The fourth-order valence-corrected chi connectivity index (χ4v) is 3.29. The molecule has 2 heterocycles. The van der Waals surface area contributed by atoms with Gasteiger partial charge in [0.05, 0.1) is 23.9 Å². The van der Waals surface area contributed by atoms with Crippen LogP contribution in [0.4, 0.5) is 4.39 Å². The summed E-state index contributed by atoms with van der Waals surface area (Å²) in [6.45, 7) is 0.823. The Morgan fingerprint density at radius 2 is 2.19 bits per heavy atom. The summed E-state index contributed by atoms with van der Waals surface area (Å²) in [5, 5.41) is 5.50. The number of hydrogen-bond donors (Lipinski definition) is 0. The first-order valence-electron chi connectivity index (χ1n) is 8.82. The summed E-state index contributed by atoms with van der Waals surface area (Å²) in [5.74, 6) is 0.0910. The molecule has 0 N–H and O–H groups in total. The Balaban J connectivity index is 1.72. The van der Waals surface area contributed by atoms with Gasteiger partial charge < -0.3 is 4.74 Å². The van der Waals surface area contributed by atoms with E-state index in [2.05, 4.69) is 4.98 Å². The van der Waals surface area contributed by atoms with Crippen LogP contribution in [0.25, 0.3) is 10.9 Å². The molecule has 0 spiro atoms. The number of pyridine rings is 1. The van der Waals surface area contributed by atoms with E-state index in [0.29, 0.717) is 12.0 Å². The Morgan fingerprint density at radius 1 is 1.35 bits per heavy atom. The summed E-state index contributed by atoms with van der Waals surface area (Å²) in [6, 6.07) is 6.39. The highest BCUT2D eigenvalue weighted by Gasteiger charge is 2.22. The SMILES string of the molecule is COC(=O)c1ccncc1Cc1nn(CCC2CC2)c2ccc(F)cc12. The topological polar surface area (TPSA) is 57.0 Å². The average molecular weight is 353 g/mol. The predicted molar refractivity (Wildman–Crippen MR) is 95.4 cm³/mol. The quantitative estimate of drug-likeness (QED) is 0.633. The van der Waals surface area contributed by atoms with E-state index in [0.717, 1.165) is 41.0 Å². The molecule has 4 rings (SSSR count). The number of methoxy groups -OCH3 is 1. The van der Waals surface area contributed by atoms with Gasteiger partial charge in [-0.2, -0.15) is 5.10 Å². The lowest BCUT2D eigenvalue weighted by molar-refractivity contribution is 0.0599. The number of carbonyl (C=O) groups is 1. The Bertz CT molecular complexity index is 963. The maximum atomic E-state index is 13.8. The Labute approximate surface area is 150 Å². The molecule has 1 fully saturated rings. The normalized spacial score (nSPS) is 13.9. The van der Waals surface area contributed by atoms with Crippen LogP contribution in [0.3, 0.4) is 0 Å². The number of rotatable bonds is 6. The van der Waals surface area contributed by atoms with E-state index in [9.17, 15) is 9.18 Å². The van der Waals surface area contributed by atoms with E-state index in [1.165, 1.54) is 32.1 Å². The maximum absolute atomic E-state index is 13.8. The van der Waals surface area contributed by atoms with Crippen LogP contribution in [0.1, 0.15) is 40.9 Å². The van der Waals surface area contributed by atoms with Crippen LogP contribution in [0.2, 0.25) is 0 Å². The molecule has 0 radical (unpaired) electrons. The molecule has 0 atom stereocenters. The molecule has 0 unspecified atom stereocenters. The third-order valence-electron chi connectivity index (χ3n) is 4.90. The van der Waals surface area contributed by atoms with E-state index >= 15 is 0 Å². The van der Waals surface area contributed by atoms with Gasteiger partial charge in [-0.3, -0.25) is 9.67 Å². The van der Waals surface area contributed by atoms with E-state index in [4.69, 9.17) is 9.84 Å². The fourth-order valence-electron chi connectivity index (χ4n) is 3.29. The summed E-state index contributed by atoms with van der Waals surface area (Å²) >= 11 is 0. The number of benzene rings is 1. The van der Waals surface area contributed by atoms with Crippen molar-refractivity contribution >= 4 is 16.9 Å². The summed E-state index contributed by atoms with van der Waals surface area (Å²) in [5.41, 5.74) is 2.84. The maximum Gasteiger partial charge on any atom is 0.338 e. The van der Waals surface area contributed by atoms with Gasteiger partial charge in [0.2, 0.25) is 0 Å². The Kier molecular flexibility index (Phi) is 4.41. The number of carbonyl (C=O) groups excluding carboxylic acids is 1. The van der Waals surface area contributed by atoms with Crippen LogP contribution in [0.5, 0.6) is 0 Å². The van der Waals surface area contributed by atoms with Gasteiger partial charge in [0.1, 0.15) is 5.82 Å². The van der Waals surface area contributed by atoms with Crippen LogP contribution in [0, 0.1) is 11.7 Å². The minimum Gasteiger partial charge on any atom is -0.465 e. The lowest BCUT2D eigenvalue weighted by Gasteiger charge is -2.06. The van der Waals surface area contributed by atoms with Gasteiger partial charge in [0, 0.05) is 30.7 Å². The van der Waals surface area contributed by atoms with E-state index < -0.39 is 5.97 Å². The van der Waals surface area contributed by atoms with Crippen molar-refractivity contribution in [2.45, 2.75) is 32.2 Å². The molecule has 1 aromatic carbocycles. The molecule has 0 saturated heterocycles. The number of fused-ring (bicyclic) bond motifs is 1. The van der Waals surface area contributed by atoms with E-state index in [1.807, 2.05) is 4.68 Å². The van der Waals surface area contributed by atoms with Crippen molar-refractivity contribution in [2.75, 3.05) is 7.11 Å². The number of aryl methyl sites for hydroxylation is 1. The van der Waals surface area contributed by atoms with Crippen LogP contribution in [-0.2, 0) is 17.7 Å². The van der Waals surface area contributed by atoms with Crippen molar-refractivity contribution in [3.05, 3.63) is 59.3 Å². The molecule has 26 heavy (non-hydrogen) atoms. The smallest absolute Gasteiger partial charge is 0.338 e. The molecule has 5 nitrogen and oxygen atoms in total. The zero-order valence-electron chi connectivity index (χ0n) is 14.6. The summed E-state index contributed by atoms with van der Waals surface area (Å²) in [7, 11) is 1.35. The zero-order chi connectivity index (χ0) is 18.1. The van der Waals surface area contributed by atoms with Crippen molar-refractivity contribution in [2.24, 2.45) is 5.92 Å². The molecular formula is C20H20FN3O2. The first-order chi connectivity index (χ1) is 12.7. The number of halogens is 1. The van der Waals surface area contributed by atoms with Crippen molar-refractivity contribution in [1.29, 1.82) is 0 Å². The van der Waals surface area contributed by atoms with Crippen molar-refractivity contribution < 1.29 is 13.9 Å². The molecule has 0 aliphatic heterocycles. The van der Waals surface area contributed by atoms with Crippen LogP contribution in [0.15, 0.2) is 36.7 Å². The first kappa shape index (κ1) is 16.7. The van der Waals surface area contributed by atoms with Gasteiger partial charge in [0.25, 0.3) is 0 Å². The molecule has 0 bridgehead atoms. The van der Waals surface area contributed by atoms with Crippen molar-refractivity contribution in [1.82, 2.24) is 14.8 Å². The van der Waals surface area contributed by atoms with Gasteiger partial charge in [-0.1, -0.05) is 12.8 Å². The predicted octanol–water partition coefficient (Wildman–Crippen LogP) is 3.75. The molecule has 1 aliphatic rings. The lowest BCUT2D eigenvalue weighted by atomic mass is 10.0. The minimum absolute atomic E-state index is 0.292. The van der Waals surface area contributed by atoms with Crippen LogP contribution >= 0.6 is 0 Å². The average Bonchev–Trinajstić information content (AvgIpc) is 3.43. The van der Waals surface area contributed by atoms with E-state index in [-0.39, 0.29) is 5.82 Å². The van der Waals surface area contributed by atoms with Crippen molar-refractivity contribution in [3.8, 4) is 0 Å². The molecular weight excluding hydrogens is 333 g/mol. The zero-order valence-corrected chi connectivity index (χ0v) is 14.6. The summed E-state index contributed by atoms with van der Waals surface area (Å²) < 4.78 is 20.6. The first-order valence-corrected chi connectivity index (χ1v) is 8.82. The number of ether oxygens (including phenoxy) is 1. The minimum atomic E-state index is -0.411. The second-order valence-corrected chi connectivity index (χ2v) is 6.76. The second-order valence-electron chi connectivity index (χ2n) is 6.76. The molecule has 0 amide bonds. The van der Waals surface area contributed by atoms with Crippen LogP contribution in [-0.4, -0.2) is 27.8 Å². The highest BCUT2D eigenvalue weighted by Crippen LogP contribution is 2.33. The van der Waals surface area contributed by atoms with Gasteiger partial charge in [-0.15, -0.1) is 0 Å². The Hall–Kier alpha value is -2.76. The van der Waals surface area contributed by atoms with Gasteiger partial charge in [-0.05, 0) is 42.2 Å². The van der Waals surface area contributed by atoms with E-state index in [1.54, 1.807) is 24.5 Å². The summed E-state index contributed by atoms with van der Waals surface area (Å²) in [6.07, 6.45) is 7.27. The Morgan fingerprint density at radius 3 is 2.96 bits per heavy atom. The third-order valence-corrected chi connectivity index (χ3v) is 4.90. The van der Waals surface area contributed by atoms with Crippen LogP contribution < -0.4 is 0 Å². The number of nitrogens with zero attached hydrogens (tertiary/aromatic N) is 3. The second kappa shape index (κ2) is 6.86. The van der Waals surface area contributed by atoms with Crippen molar-refractivity contribution in [3.63, 3.8) is 0 Å². The van der Waals surface area contributed by atoms with Gasteiger partial charge in [-0.25, -0.2) is 9.18 Å². The number of aromatic nitrogens is 3. The lowest BCUT2D eigenvalue weighted by Crippen LogP contribution is -2.07. The molecule has 1 saturated carbocycles. The molecule has 134 valence electrons. The molecule has 2 aromatic heterocycles. The molecule has 1 aliphatic carbocycles. The molecule has 6 heteroatoms. The monoisotopic (exact) mass is 353 g/mol. The highest BCUT2D eigenvalue weighted by atomic mass is 19.1. The standard InChI is InChI=1S/C20H20FN3O2/c1-26-20(25)16-6-8-22-12-14(16)10-18-17-11-15(21)4-5-19(17)24(23-18)9-7-13-2-3-13/h4-6,8,11-13H,2-3,7,9-10H2,1H3. The van der Waals surface area contributed by atoms with Gasteiger partial charge in [0.15, 0.2) is 0 Å². The number of esters is 1. The fraction of sp³-hybridized carbons (Fsp3) is 0.350. The van der Waals surface area contributed by atoms with Gasteiger partial charge >= 0.3 is 5.97 Å². The summed E-state index contributed by atoms with van der Waals surface area (Å²) in [4.78, 5) is 16.1. The number of hydrogen-bond acceptors (Lipinski definition) is 4. The largest absolute Gasteiger partial charge is 0.465 e.